The Bertz CT molecular complexity index is 127. The van der Waals surface area contributed by atoms with Gasteiger partial charge in [0.15, 0.2) is 0 Å². The van der Waals surface area contributed by atoms with Gasteiger partial charge in [-0.25, -0.2) is 0 Å². The molecule has 1 radical (unpaired) electrons. The minimum Gasteiger partial charge on any atom is -0.387 e. The van der Waals surface area contributed by atoms with E-state index >= 15 is 0 Å². The number of hydrogen-bond acceptors (Lipinski definition) is 1. The second kappa shape index (κ2) is 5.64. The Kier molecular flexibility index (Phi) is 5.62. The number of rotatable bonds is 6. The van der Waals surface area contributed by atoms with Gasteiger partial charge in [0.25, 0.3) is 0 Å². The Morgan fingerprint density at radius 2 is 1.85 bits per heavy atom. The molecule has 79 valence electrons. The highest BCUT2D eigenvalue weighted by Gasteiger charge is 2.30. The fraction of sp³-hybridized carbons (Fsp3) is 0.917. The number of aliphatic hydroxyl groups is 1. The van der Waals surface area contributed by atoms with Gasteiger partial charge in [0.2, 0.25) is 0 Å². The first-order valence-corrected chi connectivity index (χ1v) is 5.45. The lowest BCUT2D eigenvalue weighted by Crippen LogP contribution is -2.27. The maximum absolute atomic E-state index is 9.52. The van der Waals surface area contributed by atoms with E-state index in [1.54, 1.807) is 0 Å². The van der Waals surface area contributed by atoms with Gasteiger partial charge in [0.05, 0.1) is 6.10 Å². The molecule has 0 saturated carbocycles. The summed E-state index contributed by atoms with van der Waals surface area (Å²) < 4.78 is 0. The normalized spacial score (nSPS) is 15.0. The molecule has 0 bridgehead atoms. The predicted octanol–water partition coefficient (Wildman–Crippen LogP) is 4.15. The minimum absolute atomic E-state index is 0.0201. The summed E-state index contributed by atoms with van der Waals surface area (Å²) in [7, 11) is 0. The van der Waals surface area contributed by atoms with E-state index in [0.717, 1.165) is 0 Å². The standard InChI is InChI=1S/C12H25O/c1-6-7-8-9-10(2)12(4,5)11(3)13/h10,13H,6-9H2,1-5H3. The molecule has 0 aromatic heterocycles. The van der Waals surface area contributed by atoms with Gasteiger partial charge in [-0.3, -0.25) is 0 Å². The van der Waals surface area contributed by atoms with Crippen LogP contribution in [0, 0.1) is 17.4 Å². The first-order valence-electron chi connectivity index (χ1n) is 5.45. The van der Waals surface area contributed by atoms with Crippen molar-refractivity contribution in [1.82, 2.24) is 0 Å². The molecule has 0 rings (SSSR count). The molecule has 0 saturated heterocycles. The fourth-order valence-electron chi connectivity index (χ4n) is 1.42. The maximum atomic E-state index is 9.52. The van der Waals surface area contributed by atoms with Crippen LogP contribution in [0.15, 0.2) is 0 Å². The molecule has 0 aromatic rings. The smallest absolute Gasteiger partial charge is 0.0961 e. The lowest BCUT2D eigenvalue weighted by atomic mass is 9.74. The minimum atomic E-state index is -0.0201. The van der Waals surface area contributed by atoms with Crippen molar-refractivity contribution in [2.75, 3.05) is 0 Å². The van der Waals surface area contributed by atoms with Gasteiger partial charge in [-0.2, -0.15) is 0 Å². The van der Waals surface area contributed by atoms with Gasteiger partial charge in [-0.05, 0) is 18.3 Å². The molecule has 0 aliphatic rings. The van der Waals surface area contributed by atoms with E-state index in [-0.39, 0.29) is 5.41 Å². The van der Waals surface area contributed by atoms with E-state index in [4.69, 9.17) is 0 Å². The first kappa shape index (κ1) is 13.0. The molecule has 1 heteroatoms. The van der Waals surface area contributed by atoms with E-state index in [2.05, 4.69) is 27.7 Å². The van der Waals surface area contributed by atoms with Crippen molar-refractivity contribution in [3.63, 3.8) is 0 Å². The molecule has 0 heterocycles. The van der Waals surface area contributed by atoms with Gasteiger partial charge in [0.1, 0.15) is 0 Å². The fourth-order valence-corrected chi connectivity index (χ4v) is 1.42. The predicted molar refractivity (Wildman–Crippen MR) is 57.9 cm³/mol. The van der Waals surface area contributed by atoms with Crippen LogP contribution >= 0.6 is 0 Å². The van der Waals surface area contributed by atoms with Gasteiger partial charge < -0.3 is 5.11 Å². The SMILES string of the molecule is CCCCCC(C)C(C)(C)[C](C)O. The summed E-state index contributed by atoms with van der Waals surface area (Å²) in [5.41, 5.74) is -0.0201. The van der Waals surface area contributed by atoms with Crippen molar-refractivity contribution < 1.29 is 5.11 Å². The van der Waals surface area contributed by atoms with E-state index < -0.39 is 0 Å². The summed E-state index contributed by atoms with van der Waals surface area (Å²) >= 11 is 0. The van der Waals surface area contributed by atoms with E-state index in [0.29, 0.717) is 12.0 Å². The number of hydrogen-bond donors (Lipinski definition) is 1. The molecular formula is C12H25O. The van der Waals surface area contributed by atoms with Crippen LogP contribution in [0.3, 0.4) is 0 Å². The molecule has 0 aliphatic heterocycles. The van der Waals surface area contributed by atoms with E-state index in [9.17, 15) is 5.11 Å². The largest absolute Gasteiger partial charge is 0.387 e. The Labute approximate surface area is 83.5 Å². The second-order valence-corrected chi connectivity index (χ2v) is 4.70. The Hall–Kier alpha value is -0.0400. The van der Waals surface area contributed by atoms with Crippen LogP contribution < -0.4 is 0 Å². The van der Waals surface area contributed by atoms with Crippen LogP contribution in [-0.4, -0.2) is 5.11 Å². The van der Waals surface area contributed by atoms with Crippen LogP contribution in [0.4, 0.5) is 0 Å². The highest BCUT2D eigenvalue weighted by atomic mass is 16.3. The van der Waals surface area contributed by atoms with E-state index in [1.807, 2.05) is 6.92 Å². The summed E-state index contributed by atoms with van der Waals surface area (Å²) in [5.74, 6) is 0.573. The molecule has 0 aromatic carbocycles. The van der Waals surface area contributed by atoms with Crippen molar-refractivity contribution in [2.24, 2.45) is 11.3 Å². The summed E-state index contributed by atoms with van der Waals surface area (Å²) in [4.78, 5) is 0. The molecule has 0 aliphatic carbocycles. The molecule has 1 unspecified atom stereocenters. The number of unbranched alkanes of at least 4 members (excludes halogenated alkanes) is 2. The average molecular weight is 185 g/mol. The molecule has 0 spiro atoms. The third kappa shape index (κ3) is 4.12. The first-order chi connectivity index (χ1) is 5.92. The lowest BCUT2D eigenvalue weighted by molar-refractivity contribution is 0.110. The van der Waals surface area contributed by atoms with Crippen LogP contribution in [0.5, 0.6) is 0 Å². The van der Waals surface area contributed by atoms with Crippen molar-refractivity contribution in [1.29, 1.82) is 0 Å². The van der Waals surface area contributed by atoms with Gasteiger partial charge in [-0.1, -0.05) is 53.4 Å². The Morgan fingerprint density at radius 1 is 1.31 bits per heavy atom. The third-order valence-electron chi connectivity index (χ3n) is 3.41. The van der Waals surface area contributed by atoms with Crippen LogP contribution in [0.1, 0.15) is 60.3 Å². The average Bonchev–Trinajstić information content (AvgIpc) is 2.04. The molecule has 0 amide bonds. The summed E-state index contributed by atoms with van der Waals surface area (Å²) in [6, 6.07) is 0. The van der Waals surface area contributed by atoms with Crippen molar-refractivity contribution >= 4 is 0 Å². The van der Waals surface area contributed by atoms with Crippen LogP contribution in [-0.2, 0) is 0 Å². The zero-order valence-corrected chi connectivity index (χ0v) is 9.85. The molecular weight excluding hydrogens is 160 g/mol. The maximum Gasteiger partial charge on any atom is 0.0961 e. The van der Waals surface area contributed by atoms with Crippen molar-refractivity contribution in [3.8, 4) is 0 Å². The quantitative estimate of drug-likeness (QED) is 0.616. The molecule has 1 atom stereocenters. The highest BCUT2D eigenvalue weighted by Crippen LogP contribution is 2.37. The molecule has 1 nitrogen and oxygen atoms in total. The van der Waals surface area contributed by atoms with Gasteiger partial charge >= 0.3 is 0 Å². The third-order valence-corrected chi connectivity index (χ3v) is 3.41. The summed E-state index contributed by atoms with van der Waals surface area (Å²) in [5, 5.41) is 9.52. The van der Waals surface area contributed by atoms with Crippen molar-refractivity contribution in [3.05, 3.63) is 6.10 Å². The topological polar surface area (TPSA) is 20.2 Å². The zero-order chi connectivity index (χ0) is 10.5. The molecule has 13 heavy (non-hydrogen) atoms. The van der Waals surface area contributed by atoms with Crippen molar-refractivity contribution in [2.45, 2.75) is 60.3 Å². The molecule has 1 N–H and O–H groups in total. The summed E-state index contributed by atoms with van der Waals surface area (Å²) in [6.45, 7) is 10.5. The number of aliphatic hydroxyl groups excluding tert-OH is 1. The Morgan fingerprint density at radius 3 is 2.23 bits per heavy atom. The van der Waals surface area contributed by atoms with Crippen LogP contribution in [0.2, 0.25) is 0 Å². The van der Waals surface area contributed by atoms with E-state index in [1.165, 1.54) is 25.7 Å². The monoisotopic (exact) mass is 185 g/mol. The summed E-state index contributed by atoms with van der Waals surface area (Å²) in [6.07, 6.45) is 5.66. The molecule has 0 fully saturated rings. The van der Waals surface area contributed by atoms with Gasteiger partial charge in [0, 0.05) is 0 Å². The highest BCUT2D eigenvalue weighted by molar-refractivity contribution is 4.92. The Balaban J connectivity index is 3.87. The second-order valence-electron chi connectivity index (χ2n) is 4.70. The zero-order valence-electron chi connectivity index (χ0n) is 9.85. The lowest BCUT2D eigenvalue weighted by Gasteiger charge is -2.34. The van der Waals surface area contributed by atoms with Crippen LogP contribution in [0.25, 0.3) is 0 Å². The van der Waals surface area contributed by atoms with Gasteiger partial charge in [-0.15, -0.1) is 0 Å².